The summed E-state index contributed by atoms with van der Waals surface area (Å²) in [7, 11) is 0. The first-order valence-electron chi connectivity index (χ1n) is 5.34. The van der Waals surface area contributed by atoms with Crippen molar-refractivity contribution in [3.8, 4) is 0 Å². The lowest BCUT2D eigenvalue weighted by atomic mass is 9.74. The van der Waals surface area contributed by atoms with Crippen molar-refractivity contribution < 1.29 is 18.6 Å². The minimum atomic E-state index is -2.72. The first-order chi connectivity index (χ1) is 6.87. The van der Waals surface area contributed by atoms with Crippen molar-refractivity contribution in [2.45, 2.75) is 49.2 Å². The minimum absolute atomic E-state index is 0.191. The maximum atomic E-state index is 13.1. The predicted octanol–water partition coefficient (Wildman–Crippen LogP) is 1.04. The fourth-order valence-electron chi connectivity index (χ4n) is 2.65. The summed E-state index contributed by atoms with van der Waals surface area (Å²) in [4.78, 5) is 0. The summed E-state index contributed by atoms with van der Waals surface area (Å²) in [5, 5.41) is 10.3. The molecule has 2 rings (SSSR count). The molecule has 3 nitrogen and oxygen atoms in total. The molecule has 0 aromatic rings. The van der Waals surface area contributed by atoms with Crippen LogP contribution in [0.2, 0.25) is 0 Å². The van der Waals surface area contributed by atoms with E-state index in [0.29, 0.717) is 26.1 Å². The van der Waals surface area contributed by atoms with E-state index in [0.717, 1.165) is 0 Å². The number of alkyl halides is 2. The van der Waals surface area contributed by atoms with E-state index < -0.39 is 23.5 Å². The van der Waals surface area contributed by atoms with Crippen LogP contribution in [0, 0.1) is 0 Å². The molecule has 2 fully saturated rings. The Morgan fingerprint density at radius 1 is 1.07 bits per heavy atom. The lowest BCUT2D eigenvalue weighted by Crippen LogP contribution is -2.61. The SMILES string of the molecule is NC1(C2(O)CCOCC2)CCC(F)(F)C1. The number of nitrogens with two attached hydrogens (primary N) is 1. The van der Waals surface area contributed by atoms with Gasteiger partial charge in [-0.2, -0.15) is 0 Å². The van der Waals surface area contributed by atoms with E-state index in [9.17, 15) is 13.9 Å². The summed E-state index contributed by atoms with van der Waals surface area (Å²) in [6, 6.07) is 0. The van der Waals surface area contributed by atoms with Gasteiger partial charge in [0.15, 0.2) is 0 Å². The van der Waals surface area contributed by atoms with Gasteiger partial charge < -0.3 is 15.6 Å². The molecule has 1 aliphatic carbocycles. The van der Waals surface area contributed by atoms with Gasteiger partial charge in [-0.1, -0.05) is 0 Å². The fourth-order valence-corrected chi connectivity index (χ4v) is 2.65. The van der Waals surface area contributed by atoms with Crippen molar-refractivity contribution in [1.82, 2.24) is 0 Å². The quantitative estimate of drug-likeness (QED) is 0.695. The van der Waals surface area contributed by atoms with Crippen molar-refractivity contribution in [3.63, 3.8) is 0 Å². The van der Waals surface area contributed by atoms with E-state index in [2.05, 4.69) is 0 Å². The molecule has 0 aromatic heterocycles. The maximum Gasteiger partial charge on any atom is 0.250 e. The summed E-state index contributed by atoms with van der Waals surface area (Å²) in [5.74, 6) is -2.72. The van der Waals surface area contributed by atoms with E-state index in [1.807, 2.05) is 0 Å². The second-order valence-corrected chi connectivity index (χ2v) is 4.83. The van der Waals surface area contributed by atoms with Crippen LogP contribution in [-0.4, -0.2) is 35.4 Å². The molecule has 2 aliphatic rings. The highest BCUT2D eigenvalue weighted by Gasteiger charge is 2.57. The summed E-state index contributed by atoms with van der Waals surface area (Å²) >= 11 is 0. The molecule has 1 aliphatic heterocycles. The van der Waals surface area contributed by atoms with Gasteiger partial charge in [0.2, 0.25) is 5.92 Å². The molecule has 0 spiro atoms. The Morgan fingerprint density at radius 3 is 2.13 bits per heavy atom. The van der Waals surface area contributed by atoms with Gasteiger partial charge in [0.1, 0.15) is 0 Å². The Balaban J connectivity index is 2.15. The number of halogens is 2. The van der Waals surface area contributed by atoms with E-state index in [4.69, 9.17) is 10.5 Å². The molecule has 0 radical (unpaired) electrons. The summed E-state index contributed by atoms with van der Waals surface area (Å²) in [5.41, 5.74) is 3.64. The third-order valence-corrected chi connectivity index (χ3v) is 3.76. The average Bonchev–Trinajstić information content (AvgIpc) is 2.44. The molecule has 15 heavy (non-hydrogen) atoms. The third-order valence-electron chi connectivity index (χ3n) is 3.76. The van der Waals surface area contributed by atoms with Gasteiger partial charge in [-0.25, -0.2) is 8.78 Å². The lowest BCUT2D eigenvalue weighted by molar-refractivity contribution is -0.117. The monoisotopic (exact) mass is 221 g/mol. The Morgan fingerprint density at radius 2 is 1.67 bits per heavy atom. The van der Waals surface area contributed by atoms with Gasteiger partial charge in [0.05, 0.1) is 11.1 Å². The molecule has 0 bridgehead atoms. The Bertz CT molecular complexity index is 254. The van der Waals surface area contributed by atoms with Gasteiger partial charge >= 0.3 is 0 Å². The van der Waals surface area contributed by atoms with Crippen LogP contribution in [0.4, 0.5) is 8.78 Å². The van der Waals surface area contributed by atoms with Crippen molar-refractivity contribution in [2.75, 3.05) is 13.2 Å². The second kappa shape index (κ2) is 3.37. The van der Waals surface area contributed by atoms with Crippen molar-refractivity contribution in [3.05, 3.63) is 0 Å². The van der Waals surface area contributed by atoms with Crippen LogP contribution >= 0.6 is 0 Å². The van der Waals surface area contributed by atoms with Gasteiger partial charge in [0, 0.05) is 38.9 Å². The Labute approximate surface area is 87.6 Å². The normalized spacial score (nSPS) is 39.2. The van der Waals surface area contributed by atoms with Crippen LogP contribution in [0.1, 0.15) is 32.1 Å². The first kappa shape index (κ1) is 11.2. The molecule has 0 aromatic carbocycles. The van der Waals surface area contributed by atoms with Gasteiger partial charge in [-0.05, 0) is 6.42 Å². The Hall–Kier alpha value is -0.260. The molecule has 1 unspecified atom stereocenters. The van der Waals surface area contributed by atoms with Crippen LogP contribution in [-0.2, 0) is 4.74 Å². The molecule has 1 saturated carbocycles. The minimum Gasteiger partial charge on any atom is -0.388 e. The zero-order chi connectivity index (χ0) is 11.2. The van der Waals surface area contributed by atoms with Crippen LogP contribution < -0.4 is 5.73 Å². The predicted molar refractivity (Wildman–Crippen MR) is 50.7 cm³/mol. The standard InChI is InChI=1S/C10H17F2NO2/c11-10(12)2-1-8(13,7-10)9(14)3-5-15-6-4-9/h14H,1-7,13H2. The molecule has 88 valence electrons. The zero-order valence-electron chi connectivity index (χ0n) is 8.64. The van der Waals surface area contributed by atoms with Gasteiger partial charge in [-0.15, -0.1) is 0 Å². The second-order valence-electron chi connectivity index (χ2n) is 4.83. The summed E-state index contributed by atoms with van der Waals surface area (Å²) in [6.45, 7) is 0.808. The third kappa shape index (κ3) is 1.88. The fraction of sp³-hybridized carbons (Fsp3) is 1.00. The highest BCUT2D eigenvalue weighted by atomic mass is 19.3. The topological polar surface area (TPSA) is 55.5 Å². The first-order valence-corrected chi connectivity index (χ1v) is 5.34. The summed E-state index contributed by atoms with van der Waals surface area (Å²) in [6.07, 6.45) is 0.291. The molecule has 3 N–H and O–H groups in total. The smallest absolute Gasteiger partial charge is 0.250 e. The number of hydrogen-bond donors (Lipinski definition) is 2. The largest absolute Gasteiger partial charge is 0.388 e. The van der Waals surface area contributed by atoms with Crippen molar-refractivity contribution in [2.24, 2.45) is 5.73 Å². The number of hydrogen-bond acceptors (Lipinski definition) is 3. The van der Waals surface area contributed by atoms with Crippen molar-refractivity contribution in [1.29, 1.82) is 0 Å². The molecule has 1 saturated heterocycles. The van der Waals surface area contributed by atoms with Crippen LogP contribution in [0.3, 0.4) is 0 Å². The number of rotatable bonds is 1. The van der Waals surface area contributed by atoms with E-state index >= 15 is 0 Å². The maximum absolute atomic E-state index is 13.1. The van der Waals surface area contributed by atoms with E-state index in [1.54, 1.807) is 0 Å². The highest BCUT2D eigenvalue weighted by Crippen LogP contribution is 2.48. The molecule has 5 heteroatoms. The summed E-state index contributed by atoms with van der Waals surface area (Å²) < 4.78 is 31.4. The van der Waals surface area contributed by atoms with E-state index in [-0.39, 0.29) is 12.8 Å². The van der Waals surface area contributed by atoms with Crippen LogP contribution in [0.25, 0.3) is 0 Å². The van der Waals surface area contributed by atoms with Gasteiger partial charge in [0.25, 0.3) is 0 Å². The zero-order valence-corrected chi connectivity index (χ0v) is 8.64. The molecule has 0 amide bonds. The highest BCUT2D eigenvalue weighted by molar-refractivity contribution is 5.10. The Kier molecular flexibility index (Phi) is 2.52. The van der Waals surface area contributed by atoms with Crippen molar-refractivity contribution >= 4 is 0 Å². The van der Waals surface area contributed by atoms with Crippen LogP contribution in [0.5, 0.6) is 0 Å². The van der Waals surface area contributed by atoms with Crippen LogP contribution in [0.15, 0.2) is 0 Å². The lowest BCUT2D eigenvalue weighted by Gasteiger charge is -2.44. The molecular formula is C10H17F2NO2. The molecular weight excluding hydrogens is 204 g/mol. The molecule has 1 heterocycles. The average molecular weight is 221 g/mol. The van der Waals surface area contributed by atoms with E-state index in [1.165, 1.54) is 0 Å². The molecule has 1 atom stereocenters. The number of aliphatic hydroxyl groups is 1. The van der Waals surface area contributed by atoms with Gasteiger partial charge in [-0.3, -0.25) is 0 Å². The number of ether oxygens (including phenoxy) is 1.